The molecule has 0 N–H and O–H groups in total. The lowest BCUT2D eigenvalue weighted by Crippen LogP contribution is -2.38. The second-order valence-corrected chi connectivity index (χ2v) is 5.48. The molecule has 0 bridgehead atoms. The standard InChI is InChI=1S/C17H24N2O3/c1-3-18(4-2)16(20)15-10-11-19(12-15)17(21)22-13-14-8-6-5-7-9-14/h5-9,15H,3-4,10-13H2,1-2H3. The number of benzene rings is 1. The highest BCUT2D eigenvalue weighted by atomic mass is 16.6. The molecule has 120 valence electrons. The Morgan fingerprint density at radius 2 is 1.91 bits per heavy atom. The van der Waals surface area contributed by atoms with E-state index in [4.69, 9.17) is 4.74 Å². The number of hydrogen-bond acceptors (Lipinski definition) is 3. The molecule has 2 amide bonds. The van der Waals surface area contributed by atoms with Gasteiger partial charge in [0, 0.05) is 26.2 Å². The first-order valence-electron chi connectivity index (χ1n) is 7.90. The van der Waals surface area contributed by atoms with E-state index in [1.807, 2.05) is 49.1 Å². The Morgan fingerprint density at radius 1 is 1.23 bits per heavy atom. The van der Waals surface area contributed by atoms with E-state index in [9.17, 15) is 9.59 Å². The molecule has 1 aliphatic rings. The Hall–Kier alpha value is -2.04. The summed E-state index contributed by atoms with van der Waals surface area (Å²) in [6, 6.07) is 9.60. The van der Waals surface area contributed by atoms with E-state index in [0.29, 0.717) is 26.2 Å². The number of ether oxygens (including phenoxy) is 1. The van der Waals surface area contributed by atoms with Crippen LogP contribution in [0.2, 0.25) is 0 Å². The number of carbonyl (C=O) groups is 2. The number of hydrogen-bond donors (Lipinski definition) is 0. The average Bonchev–Trinajstić information content (AvgIpc) is 3.04. The molecule has 0 spiro atoms. The molecule has 0 aromatic heterocycles. The summed E-state index contributed by atoms with van der Waals surface area (Å²) in [5.41, 5.74) is 0.964. The molecule has 1 atom stereocenters. The highest BCUT2D eigenvalue weighted by Crippen LogP contribution is 2.20. The van der Waals surface area contributed by atoms with E-state index in [0.717, 1.165) is 12.0 Å². The fourth-order valence-electron chi connectivity index (χ4n) is 2.73. The van der Waals surface area contributed by atoms with Crippen LogP contribution in [0, 0.1) is 5.92 Å². The Bertz CT molecular complexity index is 500. The van der Waals surface area contributed by atoms with Gasteiger partial charge < -0.3 is 14.5 Å². The fourth-order valence-corrected chi connectivity index (χ4v) is 2.73. The van der Waals surface area contributed by atoms with Crippen LogP contribution in [0.4, 0.5) is 4.79 Å². The van der Waals surface area contributed by atoms with Crippen LogP contribution in [0.25, 0.3) is 0 Å². The summed E-state index contributed by atoms with van der Waals surface area (Å²) in [5, 5.41) is 0. The molecule has 1 unspecified atom stereocenters. The summed E-state index contributed by atoms with van der Waals surface area (Å²) >= 11 is 0. The minimum absolute atomic E-state index is 0.0934. The van der Waals surface area contributed by atoms with Gasteiger partial charge in [0.2, 0.25) is 5.91 Å². The molecule has 5 heteroatoms. The number of amides is 2. The van der Waals surface area contributed by atoms with Crippen LogP contribution in [0.1, 0.15) is 25.8 Å². The van der Waals surface area contributed by atoms with Crippen LogP contribution in [0.15, 0.2) is 30.3 Å². The van der Waals surface area contributed by atoms with Crippen molar-refractivity contribution < 1.29 is 14.3 Å². The molecule has 1 aromatic rings. The van der Waals surface area contributed by atoms with E-state index in [1.165, 1.54) is 0 Å². The van der Waals surface area contributed by atoms with Gasteiger partial charge in [0.05, 0.1) is 5.92 Å². The van der Waals surface area contributed by atoms with Gasteiger partial charge in [-0.15, -0.1) is 0 Å². The van der Waals surface area contributed by atoms with Gasteiger partial charge in [-0.25, -0.2) is 4.79 Å². The fraction of sp³-hybridized carbons (Fsp3) is 0.529. The van der Waals surface area contributed by atoms with Crippen molar-refractivity contribution >= 4 is 12.0 Å². The Labute approximate surface area is 131 Å². The first kappa shape index (κ1) is 16.3. The number of nitrogens with zero attached hydrogens (tertiary/aromatic N) is 2. The Balaban J connectivity index is 1.82. The van der Waals surface area contributed by atoms with Crippen LogP contribution >= 0.6 is 0 Å². The van der Waals surface area contributed by atoms with Gasteiger partial charge in [0.25, 0.3) is 0 Å². The predicted molar refractivity (Wildman–Crippen MR) is 84.2 cm³/mol. The van der Waals surface area contributed by atoms with Crippen molar-refractivity contribution in [2.75, 3.05) is 26.2 Å². The maximum atomic E-state index is 12.3. The van der Waals surface area contributed by atoms with Crippen LogP contribution in [-0.2, 0) is 16.1 Å². The summed E-state index contributed by atoms with van der Waals surface area (Å²) < 4.78 is 5.32. The molecule has 0 saturated carbocycles. The minimum atomic E-state index is -0.335. The van der Waals surface area contributed by atoms with Crippen molar-refractivity contribution in [1.29, 1.82) is 0 Å². The van der Waals surface area contributed by atoms with Gasteiger partial charge in [0.15, 0.2) is 0 Å². The molecular weight excluding hydrogens is 280 g/mol. The van der Waals surface area contributed by atoms with E-state index in [2.05, 4.69) is 0 Å². The largest absolute Gasteiger partial charge is 0.445 e. The maximum Gasteiger partial charge on any atom is 0.410 e. The summed E-state index contributed by atoms with van der Waals surface area (Å²) in [6.45, 7) is 6.69. The second-order valence-electron chi connectivity index (χ2n) is 5.48. The molecule has 2 rings (SSSR count). The van der Waals surface area contributed by atoms with Crippen LogP contribution in [-0.4, -0.2) is 48.0 Å². The third-order valence-electron chi connectivity index (χ3n) is 4.08. The van der Waals surface area contributed by atoms with Crippen molar-refractivity contribution in [1.82, 2.24) is 9.80 Å². The lowest BCUT2D eigenvalue weighted by Gasteiger charge is -2.22. The van der Waals surface area contributed by atoms with Gasteiger partial charge in [0.1, 0.15) is 6.61 Å². The molecule has 0 aliphatic carbocycles. The Morgan fingerprint density at radius 3 is 2.55 bits per heavy atom. The van der Waals surface area contributed by atoms with Gasteiger partial charge in [-0.2, -0.15) is 0 Å². The number of rotatable bonds is 5. The topological polar surface area (TPSA) is 49.9 Å². The van der Waals surface area contributed by atoms with Gasteiger partial charge in [-0.3, -0.25) is 4.79 Å². The monoisotopic (exact) mass is 304 g/mol. The molecule has 1 fully saturated rings. The third-order valence-corrected chi connectivity index (χ3v) is 4.08. The van der Waals surface area contributed by atoms with E-state index < -0.39 is 0 Å². The maximum absolute atomic E-state index is 12.3. The summed E-state index contributed by atoms with van der Waals surface area (Å²) in [6.07, 6.45) is 0.383. The zero-order valence-electron chi connectivity index (χ0n) is 13.3. The normalized spacial score (nSPS) is 17.4. The molecule has 22 heavy (non-hydrogen) atoms. The van der Waals surface area contributed by atoms with Crippen molar-refractivity contribution in [2.45, 2.75) is 26.9 Å². The molecule has 1 aromatic carbocycles. The van der Waals surface area contributed by atoms with Crippen molar-refractivity contribution in [3.63, 3.8) is 0 Å². The summed E-state index contributed by atoms with van der Waals surface area (Å²) in [4.78, 5) is 27.8. The van der Waals surface area contributed by atoms with Gasteiger partial charge >= 0.3 is 6.09 Å². The number of likely N-dealkylation sites (tertiary alicyclic amines) is 1. The molecule has 1 heterocycles. The van der Waals surface area contributed by atoms with Gasteiger partial charge in [-0.05, 0) is 25.8 Å². The molecule has 0 radical (unpaired) electrons. The average molecular weight is 304 g/mol. The zero-order valence-corrected chi connectivity index (χ0v) is 13.3. The SMILES string of the molecule is CCN(CC)C(=O)C1CCN(C(=O)OCc2ccccc2)C1. The minimum Gasteiger partial charge on any atom is -0.445 e. The van der Waals surface area contributed by atoms with E-state index in [-0.39, 0.29) is 24.5 Å². The highest BCUT2D eigenvalue weighted by molar-refractivity contribution is 5.80. The van der Waals surface area contributed by atoms with Crippen LogP contribution < -0.4 is 0 Å². The molecule has 5 nitrogen and oxygen atoms in total. The smallest absolute Gasteiger partial charge is 0.410 e. The first-order valence-corrected chi connectivity index (χ1v) is 7.90. The van der Waals surface area contributed by atoms with Crippen LogP contribution in [0.5, 0.6) is 0 Å². The van der Waals surface area contributed by atoms with E-state index >= 15 is 0 Å². The van der Waals surface area contributed by atoms with Crippen molar-refractivity contribution in [2.24, 2.45) is 5.92 Å². The van der Waals surface area contributed by atoms with Gasteiger partial charge in [-0.1, -0.05) is 30.3 Å². The Kier molecular flexibility index (Phi) is 5.81. The molecule has 1 saturated heterocycles. The first-order chi connectivity index (χ1) is 10.7. The number of carbonyl (C=O) groups excluding carboxylic acids is 2. The van der Waals surface area contributed by atoms with E-state index in [1.54, 1.807) is 4.90 Å². The lowest BCUT2D eigenvalue weighted by atomic mass is 10.1. The summed E-state index contributed by atoms with van der Waals surface area (Å²) in [7, 11) is 0. The zero-order chi connectivity index (χ0) is 15.9. The third kappa shape index (κ3) is 4.00. The van der Waals surface area contributed by atoms with Crippen molar-refractivity contribution in [3.05, 3.63) is 35.9 Å². The van der Waals surface area contributed by atoms with Crippen molar-refractivity contribution in [3.8, 4) is 0 Å². The second kappa shape index (κ2) is 7.82. The quantitative estimate of drug-likeness (QED) is 0.840. The summed E-state index contributed by atoms with van der Waals surface area (Å²) in [5.74, 6) is 0.0486. The lowest BCUT2D eigenvalue weighted by molar-refractivity contribution is -0.134. The van der Waals surface area contributed by atoms with Crippen LogP contribution in [0.3, 0.4) is 0 Å². The molecule has 1 aliphatic heterocycles. The highest BCUT2D eigenvalue weighted by Gasteiger charge is 2.33. The molecular formula is C17H24N2O3. The predicted octanol–water partition coefficient (Wildman–Crippen LogP) is 2.51.